The second kappa shape index (κ2) is 56.4. The average molecular weight is 1670 g/mol. The minimum absolute atomic E-state index is 0. The predicted molar refractivity (Wildman–Crippen MR) is 533 cm³/mol. The van der Waals surface area contributed by atoms with E-state index in [-0.39, 0.29) is 40.6 Å². The van der Waals surface area contributed by atoms with Crippen molar-refractivity contribution in [1.82, 2.24) is 0 Å². The lowest BCUT2D eigenvalue weighted by Gasteiger charge is -2.14. The van der Waals surface area contributed by atoms with Crippen molar-refractivity contribution < 1.29 is 14.6 Å². The zero-order chi connectivity index (χ0) is 88.5. The van der Waals surface area contributed by atoms with Gasteiger partial charge in [0.25, 0.3) is 0 Å². The van der Waals surface area contributed by atoms with Gasteiger partial charge in [-0.25, -0.2) is 4.39 Å². The van der Waals surface area contributed by atoms with Gasteiger partial charge in [-0.3, -0.25) is 0 Å². The van der Waals surface area contributed by atoms with E-state index in [1.807, 2.05) is 77.1 Å². The van der Waals surface area contributed by atoms with Crippen LogP contribution in [0.4, 0.5) is 4.39 Å². The zero-order valence-electron chi connectivity index (χ0n) is 78.9. The molecule has 0 bridgehead atoms. The van der Waals surface area contributed by atoms with Gasteiger partial charge in [0.15, 0.2) is 0 Å². The number of hydrogen-bond donors (Lipinski definition) is 2. The summed E-state index contributed by atoms with van der Waals surface area (Å²) in [6.07, 6.45) is 0. The molecule has 0 aromatic heterocycles. The lowest BCUT2D eigenvalue weighted by molar-refractivity contribution is 0.280. The van der Waals surface area contributed by atoms with Gasteiger partial charge in [0.05, 0.1) is 6.61 Å². The first kappa shape index (κ1) is 115. The number of aliphatic hydroxyl groups is 1. The summed E-state index contributed by atoms with van der Waals surface area (Å²) in [6.45, 7) is 82.2. The molecule has 0 radical (unpaired) electrons. The Balaban J connectivity index is -0.00000124. The molecule has 10 aromatic carbocycles. The van der Waals surface area contributed by atoms with Crippen molar-refractivity contribution in [3.63, 3.8) is 0 Å². The van der Waals surface area contributed by atoms with Gasteiger partial charge < -0.3 is 10.2 Å². The Morgan fingerprint density at radius 2 is 0.441 bits per heavy atom. The Hall–Kier alpha value is -7.24. The standard InChI is InChI=1S/2C12H18.C11H15Cl.C11H16O.3C11H16.C10H12Cl2.C10H13F.C10H14O.3CH4/c2*1-8(2)12-10(4)6-9(3)7-11(12)5;1-7(2)11-9(4)5-8(3)6-10(11)12;1-8(2)11-9(3)5-4-6-10(11)7-12;3*1-8(2)11-9(3)6-5-7-10(11)4;1-6(2)10-7(3)4-8(11)5-9(10)12;2*1-7(2)10-8(3)5-4-6-9(10)11;;;/h2*6-8H,1-5H3;5-7H,1-4H3;4-6,8,12H,7H2,1-3H3;3*5-8H,1-4H3;4-6H,1-3H3;4-7H,1-3H3;4-7,11H,1-3H3;3*1H4. The molecule has 0 aliphatic carbocycles. The van der Waals surface area contributed by atoms with Gasteiger partial charge in [-0.1, -0.05) is 334 Å². The molecule has 6 heteroatoms. The van der Waals surface area contributed by atoms with Crippen LogP contribution in [0.1, 0.15) is 381 Å². The fourth-order valence-corrected chi connectivity index (χ4v) is 18.4. The van der Waals surface area contributed by atoms with E-state index in [4.69, 9.17) is 39.9 Å². The van der Waals surface area contributed by atoms with Gasteiger partial charge in [0.1, 0.15) is 11.6 Å². The summed E-state index contributed by atoms with van der Waals surface area (Å²) in [5, 5.41) is 20.9. The van der Waals surface area contributed by atoms with Crippen molar-refractivity contribution in [2.75, 3.05) is 0 Å². The molecule has 0 fully saturated rings. The van der Waals surface area contributed by atoms with E-state index in [1.165, 1.54) is 145 Å². The number of aliphatic hydroxyl groups excluding tert-OH is 1. The predicted octanol–water partition coefficient (Wildman–Crippen LogP) is 36.9. The van der Waals surface area contributed by atoms with Crippen molar-refractivity contribution >= 4 is 34.8 Å². The third kappa shape index (κ3) is 37.8. The largest absolute Gasteiger partial charge is 0.508 e. The minimum atomic E-state index is -0.0833. The maximum absolute atomic E-state index is 13.1. The number of rotatable bonds is 11. The fourth-order valence-electron chi connectivity index (χ4n) is 17.0. The van der Waals surface area contributed by atoms with E-state index < -0.39 is 0 Å². The number of aromatic hydroxyl groups is 1. The second-order valence-electron chi connectivity index (χ2n) is 35.0. The Kier molecular flexibility index (Phi) is 54.9. The Bertz CT molecular complexity index is 3830. The van der Waals surface area contributed by atoms with Crippen LogP contribution in [-0.4, -0.2) is 10.2 Å². The SMILES string of the molecule is C.C.C.Cc1cc(C)c(C(C)C)c(C)c1.Cc1cc(C)c(C(C)C)c(C)c1.Cc1cc(C)c(C(C)C)c(Cl)c1.Cc1cc(Cl)cc(Cl)c1C(C)C.Cc1cccc(C)c1C(C)C.Cc1cccc(C)c1C(C)C.Cc1cccc(C)c1C(C)C.Cc1cccc(CO)c1C(C)C.Cc1cccc(F)c1C(C)C.Cc1cccc(O)c1C(C)C. The average Bonchev–Trinajstić information content (AvgIpc) is 0.833. The molecule has 10 aromatic rings. The van der Waals surface area contributed by atoms with Crippen molar-refractivity contribution in [3.05, 3.63) is 340 Å². The van der Waals surface area contributed by atoms with Crippen LogP contribution in [0.2, 0.25) is 15.1 Å². The first-order valence-corrected chi connectivity index (χ1v) is 43.3. The van der Waals surface area contributed by atoms with Gasteiger partial charge in [-0.2, -0.15) is 0 Å². The second-order valence-corrected chi connectivity index (χ2v) is 36.2. The van der Waals surface area contributed by atoms with Gasteiger partial charge in [-0.05, 0) is 364 Å². The summed E-state index contributed by atoms with van der Waals surface area (Å²) in [6, 6.07) is 53.4. The number of hydrogen-bond acceptors (Lipinski definition) is 2. The highest BCUT2D eigenvalue weighted by molar-refractivity contribution is 6.35. The lowest BCUT2D eigenvalue weighted by Crippen LogP contribution is -1.98. The van der Waals surface area contributed by atoms with Crippen molar-refractivity contribution in [3.8, 4) is 5.75 Å². The van der Waals surface area contributed by atoms with Crippen molar-refractivity contribution in [1.29, 1.82) is 0 Å². The van der Waals surface area contributed by atoms with Gasteiger partial charge >= 0.3 is 0 Å². The van der Waals surface area contributed by atoms with Crippen LogP contribution >= 0.6 is 34.8 Å². The van der Waals surface area contributed by atoms with Crippen LogP contribution in [0.15, 0.2) is 158 Å². The maximum Gasteiger partial charge on any atom is 0.126 e. The number of aryl methyl sites for hydroxylation is 18. The number of benzene rings is 10. The molecule has 0 heterocycles. The molecule has 10 rings (SSSR count). The van der Waals surface area contributed by atoms with Crippen molar-refractivity contribution in [2.24, 2.45) is 0 Å². The maximum atomic E-state index is 13.1. The molecule has 0 unspecified atom stereocenters. The highest BCUT2D eigenvalue weighted by Gasteiger charge is 2.15. The van der Waals surface area contributed by atoms with E-state index >= 15 is 0 Å². The first-order chi connectivity index (χ1) is 53.4. The lowest BCUT2D eigenvalue weighted by atomic mass is 9.92. The summed E-state index contributed by atoms with van der Waals surface area (Å²) in [4.78, 5) is 0. The van der Waals surface area contributed by atoms with E-state index in [0.717, 1.165) is 32.3 Å². The molecule has 0 saturated heterocycles. The van der Waals surface area contributed by atoms with E-state index in [1.54, 1.807) is 18.2 Å². The van der Waals surface area contributed by atoms with Crippen LogP contribution in [0.5, 0.6) is 5.75 Å². The van der Waals surface area contributed by atoms with Gasteiger partial charge in [0.2, 0.25) is 0 Å². The Labute approximate surface area is 741 Å². The summed E-state index contributed by atoms with van der Waals surface area (Å²) < 4.78 is 13.1. The normalized spacial score (nSPS) is 10.4. The number of phenols is 1. The Morgan fingerprint density at radius 1 is 0.237 bits per heavy atom. The molecule has 2 nitrogen and oxygen atoms in total. The molecule has 0 amide bonds. The quantitative estimate of drug-likeness (QED) is 0.135. The highest BCUT2D eigenvalue weighted by atomic mass is 35.5. The fraction of sp³-hybridized carbons (Fsp3) is 0.464. The summed E-state index contributed by atoms with van der Waals surface area (Å²) >= 11 is 18.0. The smallest absolute Gasteiger partial charge is 0.126 e. The molecule has 2 N–H and O–H groups in total. The van der Waals surface area contributed by atoms with Crippen LogP contribution in [0.25, 0.3) is 0 Å². The third-order valence-electron chi connectivity index (χ3n) is 20.8. The van der Waals surface area contributed by atoms with Crippen LogP contribution in [-0.2, 0) is 6.61 Å². The molecular formula is C112H166Cl3FO2. The Morgan fingerprint density at radius 3 is 0.653 bits per heavy atom. The molecule has 118 heavy (non-hydrogen) atoms. The van der Waals surface area contributed by atoms with E-state index in [0.29, 0.717) is 64.0 Å². The molecule has 0 aliphatic heterocycles. The highest BCUT2D eigenvalue weighted by Crippen LogP contribution is 2.34. The molecular weight excluding hydrogens is 1500 g/mol. The van der Waals surface area contributed by atoms with Crippen molar-refractivity contribution in [2.45, 2.75) is 351 Å². The van der Waals surface area contributed by atoms with E-state index in [9.17, 15) is 9.50 Å². The van der Waals surface area contributed by atoms with Gasteiger partial charge in [0, 0.05) is 15.1 Å². The number of halogens is 4. The topological polar surface area (TPSA) is 40.5 Å². The summed E-state index contributed by atoms with van der Waals surface area (Å²) in [5.41, 5.74) is 38.4. The molecule has 0 atom stereocenters. The zero-order valence-corrected chi connectivity index (χ0v) is 81.2. The van der Waals surface area contributed by atoms with Gasteiger partial charge in [-0.15, -0.1) is 0 Å². The molecule has 654 valence electrons. The summed E-state index contributed by atoms with van der Waals surface area (Å²) in [5.74, 6) is 5.70. The van der Waals surface area contributed by atoms with Crippen LogP contribution < -0.4 is 0 Å². The molecule has 0 saturated carbocycles. The minimum Gasteiger partial charge on any atom is -0.508 e. The monoisotopic (exact) mass is 1670 g/mol. The van der Waals surface area contributed by atoms with Crippen LogP contribution in [0.3, 0.4) is 0 Å². The number of phenolic OH excluding ortho intramolecular Hbond substituents is 1. The first-order valence-electron chi connectivity index (χ1n) is 42.2. The van der Waals surface area contributed by atoms with Crippen LogP contribution in [0, 0.1) is 130 Å². The summed E-state index contributed by atoms with van der Waals surface area (Å²) in [7, 11) is 0. The third-order valence-corrected chi connectivity index (χ3v) is 21.7. The van der Waals surface area contributed by atoms with E-state index in [2.05, 4.69) is 319 Å². The molecule has 0 spiro atoms. The molecule has 0 aliphatic rings.